The quantitative estimate of drug-likeness (QED) is 0.896. The fraction of sp³-hybridized carbons (Fsp3) is 0.250. The lowest BCUT2D eigenvalue weighted by molar-refractivity contribution is -0.116. The van der Waals surface area contributed by atoms with Crippen molar-refractivity contribution in [2.45, 2.75) is 6.92 Å². The third-order valence-electron chi connectivity index (χ3n) is 3.21. The minimum atomic E-state index is -0.308. The molecular weight excluding hydrogens is 336 g/mol. The SMILES string of the molecule is COc1cc(Cl)c(C)cc1NC(=O)CN(C)C(=O)c1cccs1. The summed E-state index contributed by atoms with van der Waals surface area (Å²) in [6.45, 7) is 1.78. The number of thiophene rings is 1. The molecule has 0 unspecified atom stereocenters. The number of carbonyl (C=O) groups excluding carboxylic acids is 2. The molecule has 0 saturated heterocycles. The summed E-state index contributed by atoms with van der Waals surface area (Å²) in [5, 5.41) is 5.13. The van der Waals surface area contributed by atoms with Crippen LogP contribution in [0.3, 0.4) is 0 Å². The van der Waals surface area contributed by atoms with Crippen molar-refractivity contribution in [3.8, 4) is 5.75 Å². The first-order valence-corrected chi connectivity index (χ1v) is 8.11. The van der Waals surface area contributed by atoms with Gasteiger partial charge in [-0.2, -0.15) is 0 Å². The molecule has 0 aliphatic rings. The van der Waals surface area contributed by atoms with E-state index in [1.807, 2.05) is 12.3 Å². The molecule has 122 valence electrons. The number of aryl methyl sites for hydroxylation is 1. The molecule has 2 aromatic rings. The molecule has 0 atom stereocenters. The largest absolute Gasteiger partial charge is 0.495 e. The van der Waals surface area contributed by atoms with Crippen molar-refractivity contribution in [1.29, 1.82) is 0 Å². The Balaban J connectivity index is 2.05. The van der Waals surface area contributed by atoms with E-state index in [9.17, 15) is 9.59 Å². The summed E-state index contributed by atoms with van der Waals surface area (Å²) in [5.74, 6) is -0.0204. The molecule has 0 aliphatic heterocycles. The van der Waals surface area contributed by atoms with Gasteiger partial charge in [-0.05, 0) is 30.0 Å². The molecule has 0 aliphatic carbocycles. The average Bonchev–Trinajstić information content (AvgIpc) is 3.04. The molecule has 23 heavy (non-hydrogen) atoms. The number of nitrogens with one attached hydrogen (secondary N) is 1. The summed E-state index contributed by atoms with van der Waals surface area (Å²) in [7, 11) is 3.09. The van der Waals surface area contributed by atoms with Crippen molar-refractivity contribution < 1.29 is 14.3 Å². The molecule has 0 spiro atoms. The van der Waals surface area contributed by atoms with Gasteiger partial charge in [0, 0.05) is 18.1 Å². The summed E-state index contributed by atoms with van der Waals surface area (Å²) in [4.78, 5) is 26.3. The number of likely N-dealkylation sites (N-methyl/N-ethyl adjacent to an activating group) is 1. The number of halogens is 1. The molecule has 7 heteroatoms. The zero-order valence-corrected chi connectivity index (χ0v) is 14.6. The fourth-order valence-electron chi connectivity index (χ4n) is 2.00. The number of ether oxygens (including phenoxy) is 1. The maximum atomic E-state index is 12.2. The van der Waals surface area contributed by atoms with Crippen LogP contribution in [-0.2, 0) is 4.79 Å². The summed E-state index contributed by atoms with van der Waals surface area (Å²) >= 11 is 7.38. The predicted octanol–water partition coefficient (Wildman–Crippen LogP) is 3.43. The van der Waals surface area contributed by atoms with E-state index in [0.29, 0.717) is 21.3 Å². The van der Waals surface area contributed by atoms with Crippen molar-refractivity contribution in [2.75, 3.05) is 26.0 Å². The van der Waals surface area contributed by atoms with Crippen LogP contribution in [0.15, 0.2) is 29.6 Å². The number of amides is 2. The van der Waals surface area contributed by atoms with Crippen molar-refractivity contribution >= 4 is 40.4 Å². The first-order valence-electron chi connectivity index (χ1n) is 6.85. The van der Waals surface area contributed by atoms with Gasteiger partial charge in [-0.25, -0.2) is 0 Å². The number of methoxy groups -OCH3 is 1. The topological polar surface area (TPSA) is 58.6 Å². The number of hydrogen-bond donors (Lipinski definition) is 1. The van der Waals surface area contributed by atoms with E-state index in [1.54, 1.807) is 31.3 Å². The highest BCUT2D eigenvalue weighted by atomic mass is 35.5. The molecular formula is C16H17ClN2O3S. The van der Waals surface area contributed by atoms with Crippen molar-refractivity contribution in [2.24, 2.45) is 0 Å². The second kappa shape index (κ2) is 7.48. The molecule has 0 bridgehead atoms. The highest BCUT2D eigenvalue weighted by Gasteiger charge is 2.17. The number of benzene rings is 1. The molecule has 1 aromatic heterocycles. The number of anilines is 1. The van der Waals surface area contributed by atoms with Gasteiger partial charge in [-0.15, -0.1) is 11.3 Å². The van der Waals surface area contributed by atoms with E-state index in [2.05, 4.69) is 5.32 Å². The van der Waals surface area contributed by atoms with Crippen LogP contribution in [0.2, 0.25) is 5.02 Å². The monoisotopic (exact) mass is 352 g/mol. The molecule has 5 nitrogen and oxygen atoms in total. The van der Waals surface area contributed by atoms with Crippen LogP contribution in [0, 0.1) is 6.92 Å². The Morgan fingerprint density at radius 1 is 1.39 bits per heavy atom. The normalized spacial score (nSPS) is 10.3. The molecule has 1 heterocycles. The lowest BCUT2D eigenvalue weighted by atomic mass is 10.2. The zero-order chi connectivity index (χ0) is 17.0. The van der Waals surface area contributed by atoms with Gasteiger partial charge in [-0.3, -0.25) is 9.59 Å². The summed E-state index contributed by atoms with van der Waals surface area (Å²) in [6.07, 6.45) is 0. The van der Waals surface area contributed by atoms with E-state index < -0.39 is 0 Å². The van der Waals surface area contributed by atoms with E-state index in [-0.39, 0.29) is 18.4 Å². The Morgan fingerprint density at radius 3 is 2.74 bits per heavy atom. The van der Waals surface area contributed by atoms with Gasteiger partial charge in [0.2, 0.25) is 5.91 Å². The maximum absolute atomic E-state index is 12.2. The van der Waals surface area contributed by atoms with Crippen LogP contribution in [0.4, 0.5) is 5.69 Å². The summed E-state index contributed by atoms with van der Waals surface area (Å²) in [6, 6.07) is 6.91. The molecule has 0 radical (unpaired) electrons. The molecule has 2 rings (SSSR count). The average molecular weight is 353 g/mol. The fourth-order valence-corrected chi connectivity index (χ4v) is 2.87. The highest BCUT2D eigenvalue weighted by Crippen LogP contribution is 2.30. The minimum Gasteiger partial charge on any atom is -0.495 e. The number of nitrogens with zero attached hydrogens (tertiary/aromatic N) is 1. The third kappa shape index (κ3) is 4.24. The van der Waals surface area contributed by atoms with Crippen LogP contribution in [0.1, 0.15) is 15.2 Å². The van der Waals surface area contributed by atoms with E-state index in [0.717, 1.165) is 5.56 Å². The van der Waals surface area contributed by atoms with Crippen molar-refractivity contribution in [3.05, 3.63) is 45.1 Å². The lowest BCUT2D eigenvalue weighted by Crippen LogP contribution is -2.34. The van der Waals surface area contributed by atoms with E-state index in [1.165, 1.54) is 23.3 Å². The van der Waals surface area contributed by atoms with Crippen LogP contribution in [0.5, 0.6) is 5.75 Å². The Bertz CT molecular complexity index is 716. The smallest absolute Gasteiger partial charge is 0.264 e. The van der Waals surface area contributed by atoms with Gasteiger partial charge >= 0.3 is 0 Å². The molecule has 0 saturated carbocycles. The molecule has 1 N–H and O–H groups in total. The zero-order valence-electron chi connectivity index (χ0n) is 13.1. The Labute approximate surface area is 143 Å². The van der Waals surface area contributed by atoms with Gasteiger partial charge in [0.1, 0.15) is 5.75 Å². The third-order valence-corrected chi connectivity index (χ3v) is 4.48. The first-order chi connectivity index (χ1) is 10.9. The molecule has 1 aromatic carbocycles. The van der Waals surface area contributed by atoms with Gasteiger partial charge in [0.05, 0.1) is 24.2 Å². The van der Waals surface area contributed by atoms with Gasteiger partial charge in [0.25, 0.3) is 5.91 Å². The van der Waals surface area contributed by atoms with Gasteiger partial charge < -0.3 is 15.0 Å². The van der Waals surface area contributed by atoms with Crippen molar-refractivity contribution in [1.82, 2.24) is 4.90 Å². The van der Waals surface area contributed by atoms with Gasteiger partial charge in [0.15, 0.2) is 0 Å². The summed E-state index contributed by atoms with van der Waals surface area (Å²) < 4.78 is 5.22. The molecule has 0 fully saturated rings. The summed E-state index contributed by atoms with van der Waals surface area (Å²) in [5.41, 5.74) is 1.35. The number of hydrogen-bond acceptors (Lipinski definition) is 4. The standard InChI is InChI=1S/C16H17ClN2O3S/c1-10-7-12(13(22-3)8-11(10)17)18-15(20)9-19(2)16(21)14-5-4-6-23-14/h4-8H,9H2,1-3H3,(H,18,20). The predicted molar refractivity (Wildman–Crippen MR) is 92.7 cm³/mol. The Hall–Kier alpha value is -2.05. The number of rotatable bonds is 5. The van der Waals surface area contributed by atoms with Crippen LogP contribution in [0.25, 0.3) is 0 Å². The number of carbonyl (C=O) groups is 2. The van der Waals surface area contributed by atoms with E-state index in [4.69, 9.17) is 16.3 Å². The van der Waals surface area contributed by atoms with E-state index >= 15 is 0 Å². The lowest BCUT2D eigenvalue weighted by Gasteiger charge is -2.17. The van der Waals surface area contributed by atoms with Crippen molar-refractivity contribution in [3.63, 3.8) is 0 Å². The maximum Gasteiger partial charge on any atom is 0.264 e. The second-order valence-electron chi connectivity index (χ2n) is 4.99. The van der Waals surface area contributed by atoms with Crippen LogP contribution >= 0.6 is 22.9 Å². The minimum absolute atomic E-state index is 0.0540. The van der Waals surface area contributed by atoms with Gasteiger partial charge in [-0.1, -0.05) is 17.7 Å². The van der Waals surface area contributed by atoms with Crippen LogP contribution in [-0.4, -0.2) is 37.4 Å². The second-order valence-corrected chi connectivity index (χ2v) is 6.34. The Morgan fingerprint density at radius 2 is 2.13 bits per heavy atom. The highest BCUT2D eigenvalue weighted by molar-refractivity contribution is 7.12. The Kier molecular flexibility index (Phi) is 5.63. The van der Waals surface area contributed by atoms with Crippen LogP contribution < -0.4 is 10.1 Å². The first kappa shape index (κ1) is 17.3. The molecule has 2 amide bonds.